The minimum Gasteiger partial charge on any atom is -0.373 e. The van der Waals surface area contributed by atoms with Gasteiger partial charge in [0.05, 0.1) is 0 Å². The summed E-state index contributed by atoms with van der Waals surface area (Å²) in [6.07, 6.45) is 1.80. The average molecular weight is 207 g/mol. The molecule has 0 saturated heterocycles. The molecule has 0 aliphatic carbocycles. The Bertz CT molecular complexity index is 480. The number of aryl methyl sites for hydroxylation is 1. The van der Waals surface area contributed by atoms with Crippen LogP contribution in [0.15, 0.2) is 24.4 Å². The zero-order chi connectivity index (χ0) is 10.1. The summed E-state index contributed by atoms with van der Waals surface area (Å²) in [5.41, 5.74) is 1.17. The molecule has 2 nitrogen and oxygen atoms in total. The summed E-state index contributed by atoms with van der Waals surface area (Å²) in [5, 5.41) is 6.06. The second-order valence-corrected chi connectivity index (χ2v) is 3.66. The molecule has 1 aromatic carbocycles. The van der Waals surface area contributed by atoms with E-state index in [0.29, 0.717) is 0 Å². The van der Waals surface area contributed by atoms with Crippen LogP contribution in [0.25, 0.3) is 10.8 Å². The summed E-state index contributed by atoms with van der Waals surface area (Å²) >= 11 is 6.00. The first-order chi connectivity index (χ1) is 6.72. The second kappa shape index (κ2) is 3.46. The predicted octanol–water partition coefficient (Wildman–Crippen LogP) is 3.24. The number of hydrogen-bond donors (Lipinski definition) is 1. The molecule has 2 aromatic rings. The highest BCUT2D eigenvalue weighted by atomic mass is 35.5. The van der Waals surface area contributed by atoms with Gasteiger partial charge in [-0.15, -0.1) is 0 Å². The fourth-order valence-electron chi connectivity index (χ4n) is 1.63. The van der Waals surface area contributed by atoms with E-state index in [2.05, 4.69) is 10.3 Å². The monoisotopic (exact) mass is 206 g/mol. The van der Waals surface area contributed by atoms with E-state index in [0.717, 1.165) is 16.2 Å². The molecular formula is C11H11ClN2. The fourth-order valence-corrected chi connectivity index (χ4v) is 1.90. The zero-order valence-electron chi connectivity index (χ0n) is 8.13. The highest BCUT2D eigenvalue weighted by molar-refractivity contribution is 6.31. The van der Waals surface area contributed by atoms with E-state index in [-0.39, 0.29) is 0 Å². The Morgan fingerprint density at radius 2 is 2.07 bits per heavy atom. The quantitative estimate of drug-likeness (QED) is 0.775. The van der Waals surface area contributed by atoms with Crippen molar-refractivity contribution in [2.45, 2.75) is 6.92 Å². The van der Waals surface area contributed by atoms with Crippen LogP contribution in [0, 0.1) is 6.92 Å². The van der Waals surface area contributed by atoms with Crippen molar-refractivity contribution in [1.82, 2.24) is 4.98 Å². The molecule has 0 atom stereocenters. The Hall–Kier alpha value is -1.28. The minimum atomic E-state index is 0.750. The van der Waals surface area contributed by atoms with Gasteiger partial charge in [-0.2, -0.15) is 0 Å². The van der Waals surface area contributed by atoms with Crippen LogP contribution in [0.3, 0.4) is 0 Å². The molecule has 3 heteroatoms. The van der Waals surface area contributed by atoms with Crippen molar-refractivity contribution < 1.29 is 0 Å². The number of benzene rings is 1. The minimum absolute atomic E-state index is 0.750. The molecular weight excluding hydrogens is 196 g/mol. The molecule has 0 bridgehead atoms. The van der Waals surface area contributed by atoms with Crippen molar-refractivity contribution in [3.63, 3.8) is 0 Å². The van der Waals surface area contributed by atoms with E-state index in [4.69, 9.17) is 11.6 Å². The summed E-state index contributed by atoms with van der Waals surface area (Å²) in [5.74, 6) is 0.869. The molecule has 14 heavy (non-hydrogen) atoms. The number of fused-ring (bicyclic) bond motifs is 1. The van der Waals surface area contributed by atoms with Gasteiger partial charge in [-0.05, 0) is 36.1 Å². The van der Waals surface area contributed by atoms with Gasteiger partial charge in [0.15, 0.2) is 0 Å². The van der Waals surface area contributed by atoms with Crippen LogP contribution >= 0.6 is 11.6 Å². The maximum Gasteiger partial charge on any atom is 0.133 e. The number of nitrogens with zero attached hydrogens (tertiary/aromatic N) is 1. The highest BCUT2D eigenvalue weighted by Gasteiger charge is 2.03. The lowest BCUT2D eigenvalue weighted by Crippen LogP contribution is -1.93. The van der Waals surface area contributed by atoms with E-state index >= 15 is 0 Å². The largest absolute Gasteiger partial charge is 0.373 e. The van der Waals surface area contributed by atoms with Crippen molar-refractivity contribution in [1.29, 1.82) is 0 Å². The molecule has 2 rings (SSSR count). The number of nitrogens with one attached hydrogen (secondary N) is 1. The van der Waals surface area contributed by atoms with Crippen molar-refractivity contribution in [3.05, 3.63) is 35.0 Å². The number of rotatable bonds is 1. The normalized spacial score (nSPS) is 10.5. The standard InChI is InChI=1S/C11H11ClN2/c1-7-5-8(12)6-10-9(7)3-4-14-11(10)13-2/h3-6H,1-2H3,(H,13,14). The van der Waals surface area contributed by atoms with Gasteiger partial charge < -0.3 is 5.32 Å². The van der Waals surface area contributed by atoms with Gasteiger partial charge in [0.2, 0.25) is 0 Å². The van der Waals surface area contributed by atoms with Crippen LogP contribution < -0.4 is 5.32 Å². The number of aromatic nitrogens is 1. The molecule has 0 saturated carbocycles. The van der Waals surface area contributed by atoms with Crippen LogP contribution in [-0.4, -0.2) is 12.0 Å². The highest BCUT2D eigenvalue weighted by Crippen LogP contribution is 2.27. The van der Waals surface area contributed by atoms with Gasteiger partial charge in [0, 0.05) is 23.7 Å². The van der Waals surface area contributed by atoms with E-state index in [9.17, 15) is 0 Å². The molecule has 0 radical (unpaired) electrons. The first kappa shape index (κ1) is 9.28. The number of anilines is 1. The first-order valence-corrected chi connectivity index (χ1v) is 4.83. The Morgan fingerprint density at radius 3 is 2.79 bits per heavy atom. The van der Waals surface area contributed by atoms with Crippen molar-refractivity contribution in [2.75, 3.05) is 12.4 Å². The summed E-state index contributed by atoms with van der Waals surface area (Å²) in [7, 11) is 1.86. The van der Waals surface area contributed by atoms with E-state index in [1.807, 2.05) is 32.2 Å². The maximum atomic E-state index is 6.00. The lowest BCUT2D eigenvalue weighted by Gasteiger charge is -2.07. The van der Waals surface area contributed by atoms with Gasteiger partial charge in [0.25, 0.3) is 0 Å². The molecule has 1 N–H and O–H groups in total. The van der Waals surface area contributed by atoms with Crippen molar-refractivity contribution in [3.8, 4) is 0 Å². The summed E-state index contributed by atoms with van der Waals surface area (Å²) in [4.78, 5) is 4.24. The molecule has 72 valence electrons. The van der Waals surface area contributed by atoms with Gasteiger partial charge in [-0.1, -0.05) is 11.6 Å². The van der Waals surface area contributed by atoms with Crippen LogP contribution in [0.4, 0.5) is 5.82 Å². The van der Waals surface area contributed by atoms with Crippen LogP contribution in [-0.2, 0) is 0 Å². The topological polar surface area (TPSA) is 24.9 Å². The predicted molar refractivity (Wildman–Crippen MR) is 61.0 cm³/mol. The van der Waals surface area contributed by atoms with E-state index in [1.165, 1.54) is 10.9 Å². The third-order valence-electron chi connectivity index (χ3n) is 2.29. The number of hydrogen-bond acceptors (Lipinski definition) is 2. The molecule has 0 spiro atoms. The van der Waals surface area contributed by atoms with E-state index in [1.54, 1.807) is 6.20 Å². The smallest absolute Gasteiger partial charge is 0.133 e. The van der Waals surface area contributed by atoms with Crippen LogP contribution in [0.5, 0.6) is 0 Å². The Balaban J connectivity index is 2.86. The zero-order valence-corrected chi connectivity index (χ0v) is 8.89. The van der Waals surface area contributed by atoms with E-state index < -0.39 is 0 Å². The number of halogens is 1. The van der Waals surface area contributed by atoms with Gasteiger partial charge in [-0.25, -0.2) is 4.98 Å². The molecule has 1 heterocycles. The molecule has 0 unspecified atom stereocenters. The van der Waals surface area contributed by atoms with Crippen LogP contribution in [0.2, 0.25) is 5.02 Å². The molecule has 0 fully saturated rings. The van der Waals surface area contributed by atoms with Gasteiger partial charge >= 0.3 is 0 Å². The summed E-state index contributed by atoms with van der Waals surface area (Å²) in [6, 6.07) is 5.90. The third-order valence-corrected chi connectivity index (χ3v) is 2.51. The van der Waals surface area contributed by atoms with Crippen molar-refractivity contribution in [2.24, 2.45) is 0 Å². The average Bonchev–Trinajstić information content (AvgIpc) is 2.17. The Kier molecular flexibility index (Phi) is 2.30. The summed E-state index contributed by atoms with van der Waals surface area (Å²) < 4.78 is 0. The second-order valence-electron chi connectivity index (χ2n) is 3.23. The van der Waals surface area contributed by atoms with Crippen LogP contribution in [0.1, 0.15) is 5.56 Å². The molecule has 0 aliphatic rings. The number of pyridine rings is 1. The molecule has 1 aromatic heterocycles. The molecule has 0 aliphatic heterocycles. The summed E-state index contributed by atoms with van der Waals surface area (Å²) in [6.45, 7) is 2.05. The Morgan fingerprint density at radius 1 is 1.29 bits per heavy atom. The molecule has 0 amide bonds. The lowest BCUT2D eigenvalue weighted by molar-refractivity contribution is 1.31. The third kappa shape index (κ3) is 1.42. The first-order valence-electron chi connectivity index (χ1n) is 4.45. The fraction of sp³-hybridized carbons (Fsp3) is 0.182. The SMILES string of the molecule is CNc1nccc2c(C)cc(Cl)cc12. The lowest BCUT2D eigenvalue weighted by atomic mass is 10.1. The van der Waals surface area contributed by atoms with Gasteiger partial charge in [0.1, 0.15) is 5.82 Å². The van der Waals surface area contributed by atoms with Gasteiger partial charge in [-0.3, -0.25) is 0 Å². The Labute approximate surface area is 87.9 Å². The maximum absolute atomic E-state index is 6.00. The van der Waals surface area contributed by atoms with Crippen molar-refractivity contribution >= 4 is 28.2 Å².